The van der Waals surface area contributed by atoms with Crippen LogP contribution in [0.3, 0.4) is 0 Å². The summed E-state index contributed by atoms with van der Waals surface area (Å²) in [6.07, 6.45) is 2.05. The molecule has 0 aliphatic carbocycles. The summed E-state index contributed by atoms with van der Waals surface area (Å²) < 4.78 is 11.1. The number of amides is 1. The van der Waals surface area contributed by atoms with E-state index in [-0.39, 0.29) is 5.91 Å². The van der Waals surface area contributed by atoms with E-state index in [1.54, 1.807) is 32.3 Å². The maximum Gasteiger partial charge on any atom is 0.253 e. The Morgan fingerprint density at radius 2 is 2.10 bits per heavy atom. The number of hydrogen-bond acceptors (Lipinski definition) is 4. The lowest BCUT2D eigenvalue weighted by atomic mass is 10.0. The van der Waals surface area contributed by atoms with Gasteiger partial charge in [-0.1, -0.05) is 0 Å². The maximum absolute atomic E-state index is 11.8. The first kappa shape index (κ1) is 14.7. The summed E-state index contributed by atoms with van der Waals surface area (Å²) in [7, 11) is 3.43. The molecule has 5 nitrogen and oxygen atoms in total. The number of nitrogen functional groups attached to an aromatic ring is 1. The largest absolute Gasteiger partial charge is 0.491 e. The van der Waals surface area contributed by atoms with Crippen molar-refractivity contribution < 1.29 is 14.3 Å². The standard InChI is InChI=1S/C15H22N2O3/c1-17(2)15(18)12-3-4-14(13(16)9-12)20-10-11-5-7-19-8-6-11/h3-4,9,11H,5-8,10,16H2,1-2H3. The summed E-state index contributed by atoms with van der Waals surface area (Å²) in [6, 6.07) is 5.19. The highest BCUT2D eigenvalue weighted by atomic mass is 16.5. The van der Waals surface area contributed by atoms with Gasteiger partial charge >= 0.3 is 0 Å². The highest BCUT2D eigenvalue weighted by molar-refractivity contribution is 5.95. The Morgan fingerprint density at radius 1 is 1.40 bits per heavy atom. The van der Waals surface area contributed by atoms with Crippen LogP contribution in [-0.2, 0) is 4.74 Å². The molecule has 110 valence electrons. The molecule has 0 spiro atoms. The normalized spacial score (nSPS) is 15.9. The zero-order valence-corrected chi connectivity index (χ0v) is 12.1. The molecule has 1 saturated heterocycles. The second kappa shape index (κ2) is 6.61. The van der Waals surface area contributed by atoms with Gasteiger partial charge in [0.1, 0.15) is 5.75 Å². The van der Waals surface area contributed by atoms with E-state index in [0.717, 1.165) is 26.1 Å². The summed E-state index contributed by atoms with van der Waals surface area (Å²) in [4.78, 5) is 13.4. The van der Waals surface area contributed by atoms with E-state index in [2.05, 4.69) is 0 Å². The van der Waals surface area contributed by atoms with Gasteiger partial charge in [-0.05, 0) is 37.0 Å². The number of benzene rings is 1. The number of anilines is 1. The quantitative estimate of drug-likeness (QED) is 0.853. The molecule has 2 rings (SSSR count). The number of rotatable bonds is 4. The minimum Gasteiger partial charge on any atom is -0.491 e. The van der Waals surface area contributed by atoms with E-state index in [9.17, 15) is 4.79 Å². The van der Waals surface area contributed by atoms with Crippen LogP contribution >= 0.6 is 0 Å². The molecule has 1 heterocycles. The van der Waals surface area contributed by atoms with Crippen LogP contribution < -0.4 is 10.5 Å². The molecule has 1 aromatic carbocycles. The van der Waals surface area contributed by atoms with E-state index in [1.807, 2.05) is 0 Å². The first-order valence-corrected chi connectivity index (χ1v) is 6.89. The lowest BCUT2D eigenvalue weighted by Gasteiger charge is -2.22. The van der Waals surface area contributed by atoms with Gasteiger partial charge in [-0.25, -0.2) is 0 Å². The van der Waals surface area contributed by atoms with Crippen molar-refractivity contribution in [2.24, 2.45) is 5.92 Å². The topological polar surface area (TPSA) is 64.8 Å². The molecule has 1 aromatic rings. The number of carbonyl (C=O) groups is 1. The number of carbonyl (C=O) groups excluding carboxylic acids is 1. The molecule has 5 heteroatoms. The lowest BCUT2D eigenvalue weighted by Crippen LogP contribution is -2.22. The summed E-state index contributed by atoms with van der Waals surface area (Å²) in [5.41, 5.74) is 7.03. The first-order valence-electron chi connectivity index (χ1n) is 6.89. The zero-order chi connectivity index (χ0) is 14.5. The van der Waals surface area contributed by atoms with Crippen LogP contribution in [0.1, 0.15) is 23.2 Å². The van der Waals surface area contributed by atoms with Crippen molar-refractivity contribution in [1.29, 1.82) is 0 Å². The molecular formula is C15H22N2O3. The molecule has 1 fully saturated rings. The van der Waals surface area contributed by atoms with Gasteiger partial charge < -0.3 is 20.1 Å². The van der Waals surface area contributed by atoms with Gasteiger partial charge in [-0.3, -0.25) is 4.79 Å². The molecule has 1 amide bonds. The van der Waals surface area contributed by atoms with Crippen molar-refractivity contribution in [3.05, 3.63) is 23.8 Å². The van der Waals surface area contributed by atoms with Gasteiger partial charge in [0, 0.05) is 32.9 Å². The van der Waals surface area contributed by atoms with E-state index in [0.29, 0.717) is 29.5 Å². The van der Waals surface area contributed by atoms with Crippen LogP contribution in [0.4, 0.5) is 5.69 Å². The van der Waals surface area contributed by atoms with Crippen molar-refractivity contribution in [3.63, 3.8) is 0 Å². The molecule has 0 radical (unpaired) electrons. The molecule has 1 aliphatic rings. The van der Waals surface area contributed by atoms with E-state index in [4.69, 9.17) is 15.2 Å². The summed E-state index contributed by atoms with van der Waals surface area (Å²) in [5.74, 6) is 1.10. The fraction of sp³-hybridized carbons (Fsp3) is 0.533. The van der Waals surface area contributed by atoms with Gasteiger partial charge in [0.05, 0.1) is 12.3 Å². The Morgan fingerprint density at radius 3 is 2.70 bits per heavy atom. The summed E-state index contributed by atoms with van der Waals surface area (Å²) in [6.45, 7) is 2.26. The smallest absolute Gasteiger partial charge is 0.253 e. The molecule has 0 saturated carbocycles. The Labute approximate surface area is 119 Å². The van der Waals surface area contributed by atoms with E-state index in [1.165, 1.54) is 4.90 Å². The molecule has 0 bridgehead atoms. The predicted octanol–water partition coefficient (Wildman–Crippen LogP) is 1.78. The minimum atomic E-state index is -0.0623. The Kier molecular flexibility index (Phi) is 4.84. The molecular weight excluding hydrogens is 256 g/mol. The van der Waals surface area contributed by atoms with Crippen molar-refractivity contribution in [2.75, 3.05) is 39.6 Å². The monoisotopic (exact) mass is 278 g/mol. The number of hydrogen-bond donors (Lipinski definition) is 1. The van der Waals surface area contributed by atoms with E-state index >= 15 is 0 Å². The molecule has 0 aromatic heterocycles. The van der Waals surface area contributed by atoms with Crippen LogP contribution in [0.15, 0.2) is 18.2 Å². The van der Waals surface area contributed by atoms with Gasteiger partial charge in [0.15, 0.2) is 0 Å². The average Bonchev–Trinajstić information content (AvgIpc) is 2.46. The average molecular weight is 278 g/mol. The third kappa shape index (κ3) is 3.63. The Balaban J connectivity index is 1.97. The second-order valence-electron chi connectivity index (χ2n) is 5.32. The fourth-order valence-electron chi connectivity index (χ4n) is 2.19. The van der Waals surface area contributed by atoms with Crippen LogP contribution in [-0.4, -0.2) is 44.7 Å². The third-order valence-corrected chi connectivity index (χ3v) is 3.48. The molecule has 0 unspecified atom stereocenters. The van der Waals surface area contributed by atoms with Crippen molar-refractivity contribution >= 4 is 11.6 Å². The van der Waals surface area contributed by atoms with Crippen molar-refractivity contribution in [3.8, 4) is 5.75 Å². The SMILES string of the molecule is CN(C)C(=O)c1ccc(OCC2CCOCC2)c(N)c1. The third-order valence-electron chi connectivity index (χ3n) is 3.48. The van der Waals surface area contributed by atoms with Crippen LogP contribution in [0.2, 0.25) is 0 Å². The molecule has 2 N–H and O–H groups in total. The number of nitrogens with two attached hydrogens (primary N) is 1. The second-order valence-corrected chi connectivity index (χ2v) is 5.32. The van der Waals surface area contributed by atoms with Gasteiger partial charge in [0.2, 0.25) is 0 Å². The highest BCUT2D eigenvalue weighted by Crippen LogP contribution is 2.25. The van der Waals surface area contributed by atoms with Gasteiger partial charge in [0.25, 0.3) is 5.91 Å². The summed E-state index contributed by atoms with van der Waals surface area (Å²) in [5, 5.41) is 0. The Hall–Kier alpha value is -1.75. The van der Waals surface area contributed by atoms with Gasteiger partial charge in [-0.15, -0.1) is 0 Å². The molecule has 1 aliphatic heterocycles. The molecule has 0 atom stereocenters. The maximum atomic E-state index is 11.8. The summed E-state index contributed by atoms with van der Waals surface area (Å²) >= 11 is 0. The predicted molar refractivity (Wildman–Crippen MR) is 77.9 cm³/mol. The highest BCUT2D eigenvalue weighted by Gasteiger charge is 2.16. The number of ether oxygens (including phenoxy) is 2. The van der Waals surface area contributed by atoms with E-state index < -0.39 is 0 Å². The molecule has 20 heavy (non-hydrogen) atoms. The van der Waals surface area contributed by atoms with Crippen molar-refractivity contribution in [2.45, 2.75) is 12.8 Å². The van der Waals surface area contributed by atoms with Crippen LogP contribution in [0, 0.1) is 5.92 Å². The van der Waals surface area contributed by atoms with Crippen LogP contribution in [0.25, 0.3) is 0 Å². The fourth-order valence-corrected chi connectivity index (χ4v) is 2.19. The lowest BCUT2D eigenvalue weighted by molar-refractivity contribution is 0.0498. The minimum absolute atomic E-state index is 0.0623. The van der Waals surface area contributed by atoms with Gasteiger partial charge in [-0.2, -0.15) is 0 Å². The van der Waals surface area contributed by atoms with Crippen LogP contribution in [0.5, 0.6) is 5.75 Å². The Bertz CT molecular complexity index is 468. The first-order chi connectivity index (χ1) is 9.58. The zero-order valence-electron chi connectivity index (χ0n) is 12.1. The van der Waals surface area contributed by atoms with Crippen molar-refractivity contribution in [1.82, 2.24) is 4.90 Å². The number of nitrogens with zero attached hydrogens (tertiary/aromatic N) is 1.